The van der Waals surface area contributed by atoms with Gasteiger partial charge in [0.15, 0.2) is 5.78 Å². The summed E-state index contributed by atoms with van der Waals surface area (Å²) in [5, 5.41) is 0.769. The molecule has 0 saturated heterocycles. The fraction of sp³-hybridized carbons (Fsp3) is 0.200. The Balaban J connectivity index is 2.26. The maximum absolute atomic E-state index is 12.3. The van der Waals surface area contributed by atoms with Crippen LogP contribution in [0.5, 0.6) is 5.75 Å². The van der Waals surface area contributed by atoms with Crippen LogP contribution in [0, 0.1) is 0 Å². The highest BCUT2D eigenvalue weighted by Gasteiger charge is 2.12. The molecular formula is C15H13Cl2NO2. The molecule has 1 aromatic heterocycles. The number of pyridine rings is 1. The predicted molar refractivity (Wildman–Crippen MR) is 79.9 cm³/mol. The second-order valence-corrected chi connectivity index (χ2v) is 5.03. The van der Waals surface area contributed by atoms with Gasteiger partial charge >= 0.3 is 0 Å². The number of carbonyl (C=O) groups excluding carboxylic acids is 1. The summed E-state index contributed by atoms with van der Waals surface area (Å²) >= 11 is 11.8. The van der Waals surface area contributed by atoms with E-state index in [1.165, 1.54) is 6.20 Å². The lowest BCUT2D eigenvalue weighted by Crippen LogP contribution is -2.03. The molecule has 0 bridgehead atoms. The van der Waals surface area contributed by atoms with Crippen molar-refractivity contribution < 1.29 is 9.53 Å². The molecule has 0 radical (unpaired) electrons. The lowest BCUT2D eigenvalue weighted by molar-refractivity contribution is 0.103. The van der Waals surface area contributed by atoms with Crippen molar-refractivity contribution in [1.82, 2.24) is 4.98 Å². The van der Waals surface area contributed by atoms with E-state index < -0.39 is 0 Å². The van der Waals surface area contributed by atoms with Crippen LogP contribution in [0.1, 0.15) is 29.3 Å². The quantitative estimate of drug-likeness (QED) is 0.768. The Kier molecular flexibility index (Phi) is 4.99. The topological polar surface area (TPSA) is 39.2 Å². The van der Waals surface area contributed by atoms with Crippen LogP contribution in [0.25, 0.3) is 0 Å². The normalized spacial score (nSPS) is 10.3. The second kappa shape index (κ2) is 6.73. The molecule has 20 heavy (non-hydrogen) atoms. The van der Waals surface area contributed by atoms with Crippen molar-refractivity contribution in [3.8, 4) is 5.75 Å². The molecule has 1 heterocycles. The maximum atomic E-state index is 12.3. The molecule has 0 amide bonds. The molecular weight excluding hydrogens is 297 g/mol. The summed E-state index contributed by atoms with van der Waals surface area (Å²) in [7, 11) is 0. The van der Waals surface area contributed by atoms with Crippen LogP contribution < -0.4 is 4.74 Å². The molecule has 0 saturated carbocycles. The van der Waals surface area contributed by atoms with E-state index in [2.05, 4.69) is 4.98 Å². The average molecular weight is 310 g/mol. The number of benzene rings is 1. The molecule has 2 rings (SSSR count). The van der Waals surface area contributed by atoms with Crippen molar-refractivity contribution in [2.45, 2.75) is 13.3 Å². The first-order valence-corrected chi connectivity index (χ1v) is 6.95. The highest BCUT2D eigenvalue weighted by atomic mass is 35.5. The van der Waals surface area contributed by atoms with Crippen LogP contribution in [0.2, 0.25) is 10.0 Å². The van der Waals surface area contributed by atoms with Gasteiger partial charge in [0.2, 0.25) is 0 Å². The largest absolute Gasteiger partial charge is 0.492 e. The van der Waals surface area contributed by atoms with Gasteiger partial charge in [-0.05, 0) is 30.7 Å². The van der Waals surface area contributed by atoms with E-state index in [-0.39, 0.29) is 5.78 Å². The molecule has 0 N–H and O–H groups in total. The number of rotatable bonds is 5. The van der Waals surface area contributed by atoms with E-state index in [1.807, 2.05) is 6.92 Å². The number of nitrogens with zero attached hydrogens (tertiary/aromatic N) is 1. The monoisotopic (exact) mass is 309 g/mol. The van der Waals surface area contributed by atoms with Crippen molar-refractivity contribution in [2.75, 3.05) is 6.61 Å². The molecule has 1 aromatic carbocycles. The summed E-state index contributed by atoms with van der Waals surface area (Å²) in [5.41, 5.74) is 0.922. The van der Waals surface area contributed by atoms with Crippen molar-refractivity contribution in [2.24, 2.45) is 0 Å². The van der Waals surface area contributed by atoms with Gasteiger partial charge in [-0.3, -0.25) is 9.78 Å². The third-order valence-electron chi connectivity index (χ3n) is 2.63. The zero-order chi connectivity index (χ0) is 14.5. The van der Waals surface area contributed by atoms with Crippen LogP contribution in [0.4, 0.5) is 0 Å². The van der Waals surface area contributed by atoms with E-state index in [0.29, 0.717) is 33.5 Å². The molecule has 0 aliphatic carbocycles. The minimum Gasteiger partial charge on any atom is -0.492 e. The molecule has 2 aromatic rings. The van der Waals surface area contributed by atoms with Gasteiger partial charge in [-0.15, -0.1) is 0 Å². The summed E-state index contributed by atoms with van der Waals surface area (Å²) in [4.78, 5) is 16.4. The smallest absolute Gasteiger partial charge is 0.194 e. The fourth-order valence-corrected chi connectivity index (χ4v) is 1.94. The zero-order valence-corrected chi connectivity index (χ0v) is 12.4. The van der Waals surface area contributed by atoms with Crippen LogP contribution in [0.3, 0.4) is 0 Å². The minimum atomic E-state index is -0.169. The summed E-state index contributed by atoms with van der Waals surface area (Å²) in [6.45, 7) is 2.60. The van der Waals surface area contributed by atoms with Gasteiger partial charge in [0, 0.05) is 17.3 Å². The molecule has 0 unspecified atom stereocenters. The first-order chi connectivity index (χ1) is 9.61. The van der Waals surface area contributed by atoms with Gasteiger partial charge in [-0.25, -0.2) is 0 Å². The number of aromatic nitrogens is 1. The molecule has 0 spiro atoms. The average Bonchev–Trinajstić information content (AvgIpc) is 2.47. The minimum absolute atomic E-state index is 0.169. The van der Waals surface area contributed by atoms with Gasteiger partial charge in [0.1, 0.15) is 5.75 Å². The van der Waals surface area contributed by atoms with Gasteiger partial charge in [0.05, 0.1) is 22.8 Å². The summed E-state index contributed by atoms with van der Waals surface area (Å²) < 4.78 is 5.46. The van der Waals surface area contributed by atoms with Crippen LogP contribution in [0.15, 0.2) is 36.7 Å². The van der Waals surface area contributed by atoms with Crippen LogP contribution >= 0.6 is 23.2 Å². The first-order valence-electron chi connectivity index (χ1n) is 6.19. The van der Waals surface area contributed by atoms with Crippen molar-refractivity contribution in [3.05, 3.63) is 57.8 Å². The zero-order valence-electron chi connectivity index (χ0n) is 10.9. The van der Waals surface area contributed by atoms with Gasteiger partial charge in [-0.1, -0.05) is 30.1 Å². The third kappa shape index (κ3) is 3.50. The van der Waals surface area contributed by atoms with Crippen LogP contribution in [-0.2, 0) is 0 Å². The Morgan fingerprint density at radius 3 is 2.65 bits per heavy atom. The van der Waals surface area contributed by atoms with Gasteiger partial charge < -0.3 is 4.74 Å². The summed E-state index contributed by atoms with van der Waals surface area (Å²) in [6.07, 6.45) is 3.98. The number of carbonyl (C=O) groups is 1. The third-order valence-corrected chi connectivity index (χ3v) is 3.37. The predicted octanol–water partition coefficient (Wildman–Crippen LogP) is 4.41. The standard InChI is InChI=1S/C15H13Cl2NO2/c1-2-5-20-12-6-11(8-18-9-12)15(19)10-3-4-13(16)14(17)7-10/h3-4,6-9H,2,5H2,1H3. The molecule has 3 nitrogen and oxygen atoms in total. The van der Waals surface area contributed by atoms with E-state index in [4.69, 9.17) is 27.9 Å². The van der Waals surface area contributed by atoms with E-state index >= 15 is 0 Å². The SMILES string of the molecule is CCCOc1cncc(C(=O)c2ccc(Cl)c(Cl)c2)c1. The number of ether oxygens (including phenoxy) is 1. The number of hydrogen-bond donors (Lipinski definition) is 0. The lowest BCUT2D eigenvalue weighted by atomic mass is 10.1. The Morgan fingerprint density at radius 2 is 1.95 bits per heavy atom. The van der Waals surface area contributed by atoms with Gasteiger partial charge in [-0.2, -0.15) is 0 Å². The van der Waals surface area contributed by atoms with Crippen molar-refractivity contribution in [3.63, 3.8) is 0 Å². The van der Waals surface area contributed by atoms with Crippen LogP contribution in [-0.4, -0.2) is 17.4 Å². The Hall–Kier alpha value is -1.58. The molecule has 0 atom stereocenters. The van der Waals surface area contributed by atoms with Crippen molar-refractivity contribution >= 4 is 29.0 Å². The van der Waals surface area contributed by atoms with E-state index in [9.17, 15) is 4.79 Å². The highest BCUT2D eigenvalue weighted by molar-refractivity contribution is 6.42. The Labute approximate surface area is 127 Å². The summed E-state index contributed by atoms with van der Waals surface area (Å²) in [5.74, 6) is 0.413. The number of halogens is 2. The number of hydrogen-bond acceptors (Lipinski definition) is 3. The van der Waals surface area contributed by atoms with E-state index in [1.54, 1.807) is 30.5 Å². The molecule has 0 aliphatic rings. The lowest BCUT2D eigenvalue weighted by Gasteiger charge is -2.06. The number of ketones is 1. The Bertz CT molecular complexity index is 629. The second-order valence-electron chi connectivity index (χ2n) is 4.22. The molecule has 0 aliphatic heterocycles. The maximum Gasteiger partial charge on any atom is 0.194 e. The molecule has 5 heteroatoms. The van der Waals surface area contributed by atoms with Crippen molar-refractivity contribution in [1.29, 1.82) is 0 Å². The Morgan fingerprint density at radius 1 is 1.15 bits per heavy atom. The van der Waals surface area contributed by atoms with E-state index in [0.717, 1.165) is 6.42 Å². The summed E-state index contributed by atoms with van der Waals surface area (Å²) in [6, 6.07) is 6.46. The highest BCUT2D eigenvalue weighted by Crippen LogP contribution is 2.24. The molecule has 104 valence electrons. The molecule has 0 fully saturated rings. The first kappa shape index (κ1) is 14.8. The van der Waals surface area contributed by atoms with Gasteiger partial charge in [0.25, 0.3) is 0 Å². The fourth-order valence-electron chi connectivity index (χ4n) is 1.65.